The van der Waals surface area contributed by atoms with Crippen LogP contribution in [-0.4, -0.2) is 33.7 Å². The zero-order valence-corrected chi connectivity index (χ0v) is 16.5. The van der Waals surface area contributed by atoms with Gasteiger partial charge in [0.1, 0.15) is 6.54 Å². The predicted octanol–water partition coefficient (Wildman–Crippen LogP) is 2.70. The molecule has 1 aromatic heterocycles. The minimum absolute atomic E-state index is 0.0854. The molecule has 6 nitrogen and oxygen atoms in total. The standard InChI is InChI=1S/C23H26N4O2/c28-22(17-27-23(29)21-11-5-4-9-19(21)15-25-27)24-14-18-8-2-3-10-20(18)16-26-12-6-1-7-13-26/h2-5,8-11,15H,1,6-7,12-14,16-17H2,(H,24,28). The SMILES string of the molecule is O=C(Cn1ncc2ccccc2c1=O)NCc1ccccc1CN1CCCCC1. The maximum atomic E-state index is 12.5. The van der Waals surface area contributed by atoms with E-state index in [-0.39, 0.29) is 18.0 Å². The Labute approximate surface area is 170 Å². The van der Waals surface area contributed by atoms with Gasteiger partial charge in [0.15, 0.2) is 0 Å². The van der Waals surface area contributed by atoms with Crippen LogP contribution in [-0.2, 0) is 24.4 Å². The molecule has 150 valence electrons. The van der Waals surface area contributed by atoms with Crippen LogP contribution in [0.1, 0.15) is 30.4 Å². The van der Waals surface area contributed by atoms with Crippen molar-refractivity contribution in [2.75, 3.05) is 13.1 Å². The monoisotopic (exact) mass is 390 g/mol. The molecule has 2 heterocycles. The summed E-state index contributed by atoms with van der Waals surface area (Å²) in [5.74, 6) is -0.220. The minimum Gasteiger partial charge on any atom is -0.350 e. The summed E-state index contributed by atoms with van der Waals surface area (Å²) in [5.41, 5.74) is 2.12. The topological polar surface area (TPSA) is 67.2 Å². The first kappa shape index (κ1) is 19.3. The lowest BCUT2D eigenvalue weighted by atomic mass is 10.0. The predicted molar refractivity (Wildman–Crippen MR) is 113 cm³/mol. The summed E-state index contributed by atoms with van der Waals surface area (Å²) in [6, 6.07) is 15.5. The summed E-state index contributed by atoms with van der Waals surface area (Å²) in [4.78, 5) is 27.5. The Morgan fingerprint density at radius 2 is 1.69 bits per heavy atom. The molecule has 0 atom stereocenters. The average Bonchev–Trinajstić information content (AvgIpc) is 2.76. The van der Waals surface area contributed by atoms with E-state index < -0.39 is 0 Å². The lowest BCUT2D eigenvalue weighted by molar-refractivity contribution is -0.122. The van der Waals surface area contributed by atoms with E-state index in [0.29, 0.717) is 11.9 Å². The minimum atomic E-state index is -0.247. The molecule has 1 amide bonds. The zero-order chi connectivity index (χ0) is 20.1. The third-order valence-corrected chi connectivity index (χ3v) is 5.49. The number of carbonyl (C=O) groups is 1. The Bertz CT molecular complexity index is 1050. The van der Waals surface area contributed by atoms with Crippen molar-refractivity contribution in [2.45, 2.75) is 38.9 Å². The number of likely N-dealkylation sites (tertiary alicyclic amines) is 1. The molecule has 0 radical (unpaired) electrons. The number of carbonyl (C=O) groups excluding carboxylic acids is 1. The second kappa shape index (κ2) is 9.01. The van der Waals surface area contributed by atoms with Gasteiger partial charge < -0.3 is 5.32 Å². The number of nitrogens with one attached hydrogen (secondary N) is 1. The van der Waals surface area contributed by atoms with Crippen LogP contribution in [0.5, 0.6) is 0 Å². The first-order valence-electron chi connectivity index (χ1n) is 10.2. The molecule has 1 N–H and O–H groups in total. The van der Waals surface area contributed by atoms with Crippen LogP contribution in [0.25, 0.3) is 10.8 Å². The number of fused-ring (bicyclic) bond motifs is 1. The van der Waals surface area contributed by atoms with Gasteiger partial charge in [-0.05, 0) is 43.1 Å². The van der Waals surface area contributed by atoms with Crippen molar-refractivity contribution in [2.24, 2.45) is 0 Å². The lowest BCUT2D eigenvalue weighted by Crippen LogP contribution is -2.34. The molecule has 3 aromatic rings. The highest BCUT2D eigenvalue weighted by molar-refractivity contribution is 5.81. The molecule has 1 fully saturated rings. The second-order valence-electron chi connectivity index (χ2n) is 7.58. The van der Waals surface area contributed by atoms with Crippen LogP contribution in [0.4, 0.5) is 0 Å². The van der Waals surface area contributed by atoms with Crippen LogP contribution in [0.15, 0.2) is 59.5 Å². The van der Waals surface area contributed by atoms with Gasteiger partial charge in [0.05, 0.1) is 11.6 Å². The summed E-state index contributed by atoms with van der Waals surface area (Å²) in [7, 11) is 0. The van der Waals surface area contributed by atoms with E-state index in [4.69, 9.17) is 0 Å². The van der Waals surface area contributed by atoms with Crippen LogP contribution in [0.3, 0.4) is 0 Å². The maximum absolute atomic E-state index is 12.5. The Hall–Kier alpha value is -2.99. The third-order valence-electron chi connectivity index (χ3n) is 5.49. The lowest BCUT2D eigenvalue weighted by Gasteiger charge is -2.27. The van der Waals surface area contributed by atoms with E-state index in [9.17, 15) is 9.59 Å². The highest BCUT2D eigenvalue weighted by Crippen LogP contribution is 2.16. The van der Waals surface area contributed by atoms with Crippen molar-refractivity contribution in [3.63, 3.8) is 0 Å². The maximum Gasteiger partial charge on any atom is 0.275 e. The zero-order valence-electron chi connectivity index (χ0n) is 16.5. The molecule has 0 spiro atoms. The smallest absolute Gasteiger partial charge is 0.275 e. The molecular formula is C23H26N4O2. The van der Waals surface area contributed by atoms with Crippen molar-refractivity contribution in [3.05, 3.63) is 76.2 Å². The van der Waals surface area contributed by atoms with E-state index in [1.807, 2.05) is 30.3 Å². The van der Waals surface area contributed by atoms with Crippen molar-refractivity contribution in [1.82, 2.24) is 20.0 Å². The molecule has 29 heavy (non-hydrogen) atoms. The molecule has 0 saturated carbocycles. The Morgan fingerprint density at radius 3 is 2.52 bits per heavy atom. The van der Waals surface area contributed by atoms with E-state index in [2.05, 4.69) is 27.4 Å². The van der Waals surface area contributed by atoms with E-state index in [1.165, 1.54) is 29.5 Å². The molecule has 2 aromatic carbocycles. The molecular weight excluding hydrogens is 364 g/mol. The number of rotatable bonds is 6. The van der Waals surface area contributed by atoms with Gasteiger partial charge in [0.2, 0.25) is 5.91 Å². The van der Waals surface area contributed by atoms with Gasteiger partial charge in [-0.15, -0.1) is 0 Å². The van der Waals surface area contributed by atoms with E-state index >= 15 is 0 Å². The third kappa shape index (κ3) is 4.71. The molecule has 4 rings (SSSR count). The Kier molecular flexibility index (Phi) is 6.00. The number of hydrogen-bond acceptors (Lipinski definition) is 4. The van der Waals surface area contributed by atoms with E-state index in [0.717, 1.165) is 30.6 Å². The fourth-order valence-corrected chi connectivity index (χ4v) is 3.87. The quantitative estimate of drug-likeness (QED) is 0.703. The van der Waals surface area contributed by atoms with Crippen LogP contribution >= 0.6 is 0 Å². The molecule has 1 aliphatic heterocycles. The van der Waals surface area contributed by atoms with Crippen molar-refractivity contribution >= 4 is 16.7 Å². The fraction of sp³-hybridized carbons (Fsp3) is 0.348. The summed E-state index contributed by atoms with van der Waals surface area (Å²) >= 11 is 0. The highest BCUT2D eigenvalue weighted by atomic mass is 16.2. The van der Waals surface area contributed by atoms with Crippen LogP contribution < -0.4 is 10.9 Å². The molecule has 0 bridgehead atoms. The number of amides is 1. The average molecular weight is 390 g/mol. The molecule has 1 aliphatic rings. The number of piperidine rings is 1. The summed E-state index contributed by atoms with van der Waals surface area (Å²) in [5, 5.41) is 8.43. The van der Waals surface area contributed by atoms with Gasteiger partial charge in [0.25, 0.3) is 5.56 Å². The molecule has 1 saturated heterocycles. The molecule has 6 heteroatoms. The van der Waals surface area contributed by atoms with Gasteiger partial charge in [-0.1, -0.05) is 48.9 Å². The molecule has 0 aliphatic carbocycles. The number of hydrogen-bond donors (Lipinski definition) is 1. The highest BCUT2D eigenvalue weighted by Gasteiger charge is 2.13. The summed E-state index contributed by atoms with van der Waals surface area (Å²) in [6.07, 6.45) is 5.45. The first-order valence-corrected chi connectivity index (χ1v) is 10.2. The van der Waals surface area contributed by atoms with Gasteiger partial charge in [-0.3, -0.25) is 14.5 Å². The molecule has 0 unspecified atom stereocenters. The first-order chi connectivity index (χ1) is 14.2. The Morgan fingerprint density at radius 1 is 0.966 bits per heavy atom. The van der Waals surface area contributed by atoms with Crippen molar-refractivity contribution in [1.29, 1.82) is 0 Å². The fourth-order valence-electron chi connectivity index (χ4n) is 3.87. The normalized spacial score (nSPS) is 14.8. The van der Waals surface area contributed by atoms with Crippen LogP contribution in [0.2, 0.25) is 0 Å². The van der Waals surface area contributed by atoms with Crippen molar-refractivity contribution in [3.8, 4) is 0 Å². The van der Waals surface area contributed by atoms with E-state index in [1.54, 1.807) is 12.3 Å². The van der Waals surface area contributed by atoms with Gasteiger partial charge in [-0.25, -0.2) is 4.68 Å². The number of benzene rings is 2. The largest absolute Gasteiger partial charge is 0.350 e. The van der Waals surface area contributed by atoms with Crippen LogP contribution in [0, 0.1) is 0 Å². The summed E-state index contributed by atoms with van der Waals surface area (Å²) < 4.78 is 1.22. The number of aromatic nitrogens is 2. The number of nitrogens with zero attached hydrogens (tertiary/aromatic N) is 3. The Balaban J connectivity index is 1.40. The second-order valence-corrected chi connectivity index (χ2v) is 7.58. The van der Waals surface area contributed by atoms with Gasteiger partial charge >= 0.3 is 0 Å². The van der Waals surface area contributed by atoms with Gasteiger partial charge in [-0.2, -0.15) is 5.10 Å². The van der Waals surface area contributed by atoms with Crippen molar-refractivity contribution < 1.29 is 4.79 Å². The van der Waals surface area contributed by atoms with Gasteiger partial charge in [0, 0.05) is 18.5 Å². The summed E-state index contributed by atoms with van der Waals surface area (Å²) in [6.45, 7) is 3.55.